The first kappa shape index (κ1) is 13.2. The predicted molar refractivity (Wildman–Crippen MR) is 73.0 cm³/mol. The first-order valence-electron chi connectivity index (χ1n) is 5.03. The molecule has 0 bridgehead atoms. The molecule has 0 spiro atoms. The molecule has 0 aromatic heterocycles. The molecule has 0 saturated carbocycles. The molecule has 0 amide bonds. The summed E-state index contributed by atoms with van der Waals surface area (Å²) in [4.78, 5) is 0. The molecule has 84 valence electrons. The Morgan fingerprint density at radius 2 is 1.80 bits per heavy atom. The Morgan fingerprint density at radius 3 is 2.33 bits per heavy atom. The van der Waals surface area contributed by atoms with Gasteiger partial charge >= 0.3 is 0 Å². The van der Waals surface area contributed by atoms with Crippen LogP contribution < -0.4 is 5.32 Å². The molecular weight excluding hydrogens is 318 g/mol. The number of hydrogen-bond donors (Lipinski definition) is 1. The van der Waals surface area contributed by atoms with E-state index in [4.69, 9.17) is 0 Å². The van der Waals surface area contributed by atoms with Crippen molar-refractivity contribution < 1.29 is 0 Å². The molecule has 0 fully saturated rings. The molecule has 1 nitrogen and oxygen atoms in total. The summed E-state index contributed by atoms with van der Waals surface area (Å²) in [7, 11) is 0. The molecule has 0 aliphatic carbocycles. The van der Waals surface area contributed by atoms with E-state index < -0.39 is 0 Å². The van der Waals surface area contributed by atoms with Crippen LogP contribution in [0.1, 0.15) is 26.3 Å². The summed E-state index contributed by atoms with van der Waals surface area (Å²) >= 11 is 6.96. The second kappa shape index (κ2) is 5.46. The highest BCUT2D eigenvalue weighted by atomic mass is 79.9. The Morgan fingerprint density at radius 1 is 1.13 bits per heavy atom. The molecule has 0 unspecified atom stereocenters. The van der Waals surface area contributed by atoms with Crippen LogP contribution in [0.15, 0.2) is 27.1 Å². The summed E-state index contributed by atoms with van der Waals surface area (Å²) in [6.07, 6.45) is 0. The van der Waals surface area contributed by atoms with E-state index in [1.807, 2.05) is 0 Å². The molecule has 1 aromatic carbocycles. The smallest absolute Gasteiger partial charge is 0.0320 e. The largest absolute Gasteiger partial charge is 0.312 e. The van der Waals surface area contributed by atoms with Gasteiger partial charge in [0, 0.05) is 22.0 Å². The highest BCUT2D eigenvalue weighted by Gasteiger charge is 2.08. The zero-order chi connectivity index (χ0) is 11.5. The minimum absolute atomic E-state index is 0.340. The van der Waals surface area contributed by atoms with Crippen molar-refractivity contribution >= 4 is 31.9 Å². The van der Waals surface area contributed by atoms with Crippen LogP contribution in [0.3, 0.4) is 0 Å². The van der Waals surface area contributed by atoms with Crippen molar-refractivity contribution in [3.8, 4) is 0 Å². The summed E-state index contributed by atoms with van der Waals surface area (Å²) in [6, 6.07) is 6.34. The van der Waals surface area contributed by atoms with Gasteiger partial charge in [-0.2, -0.15) is 0 Å². The lowest BCUT2D eigenvalue weighted by Crippen LogP contribution is -2.26. The van der Waals surface area contributed by atoms with Gasteiger partial charge in [-0.15, -0.1) is 0 Å². The molecule has 0 saturated heterocycles. The maximum absolute atomic E-state index is 3.50. The van der Waals surface area contributed by atoms with Gasteiger partial charge in [0.15, 0.2) is 0 Å². The van der Waals surface area contributed by atoms with Gasteiger partial charge in [-0.25, -0.2) is 0 Å². The van der Waals surface area contributed by atoms with Gasteiger partial charge in [-0.05, 0) is 55.0 Å². The van der Waals surface area contributed by atoms with Gasteiger partial charge < -0.3 is 5.32 Å². The van der Waals surface area contributed by atoms with Crippen molar-refractivity contribution in [1.29, 1.82) is 0 Å². The van der Waals surface area contributed by atoms with Crippen LogP contribution in [0.4, 0.5) is 0 Å². The van der Waals surface area contributed by atoms with E-state index in [0.717, 1.165) is 22.0 Å². The monoisotopic (exact) mass is 333 g/mol. The zero-order valence-corrected chi connectivity index (χ0v) is 12.6. The van der Waals surface area contributed by atoms with Crippen LogP contribution in [0.25, 0.3) is 0 Å². The molecule has 0 radical (unpaired) electrons. The number of benzene rings is 1. The predicted octanol–water partition coefficient (Wildman–Crippen LogP) is 4.35. The molecule has 1 N–H and O–H groups in total. The fourth-order valence-corrected chi connectivity index (χ4v) is 1.90. The van der Waals surface area contributed by atoms with Crippen molar-refractivity contribution in [3.63, 3.8) is 0 Å². The van der Waals surface area contributed by atoms with E-state index in [1.165, 1.54) is 5.56 Å². The van der Waals surface area contributed by atoms with E-state index in [1.54, 1.807) is 0 Å². The third-order valence-corrected chi connectivity index (χ3v) is 3.85. The maximum atomic E-state index is 3.50. The number of rotatable bonds is 3. The minimum atomic E-state index is 0.340. The first-order chi connectivity index (χ1) is 6.88. The number of halogens is 2. The third-order valence-electron chi connectivity index (χ3n) is 1.97. The molecule has 0 aliphatic heterocycles. The van der Waals surface area contributed by atoms with Crippen molar-refractivity contribution in [2.24, 2.45) is 5.41 Å². The van der Waals surface area contributed by atoms with E-state index in [-0.39, 0.29) is 0 Å². The van der Waals surface area contributed by atoms with Crippen molar-refractivity contribution in [3.05, 3.63) is 32.7 Å². The van der Waals surface area contributed by atoms with Gasteiger partial charge in [0.25, 0.3) is 0 Å². The lowest BCUT2D eigenvalue weighted by molar-refractivity contribution is 0.379. The Hall–Kier alpha value is 0.140. The molecule has 0 aliphatic rings. The van der Waals surface area contributed by atoms with Crippen LogP contribution in [-0.2, 0) is 6.54 Å². The molecule has 1 aromatic rings. The van der Waals surface area contributed by atoms with Crippen LogP contribution in [0.5, 0.6) is 0 Å². The normalized spacial score (nSPS) is 11.8. The Balaban J connectivity index is 2.48. The Kier molecular flexibility index (Phi) is 4.81. The van der Waals surface area contributed by atoms with E-state index in [0.29, 0.717) is 5.41 Å². The van der Waals surface area contributed by atoms with Gasteiger partial charge in [0.05, 0.1) is 0 Å². The van der Waals surface area contributed by atoms with Crippen LogP contribution >= 0.6 is 31.9 Å². The molecule has 15 heavy (non-hydrogen) atoms. The molecule has 0 heterocycles. The lowest BCUT2D eigenvalue weighted by atomic mass is 9.97. The average molecular weight is 335 g/mol. The van der Waals surface area contributed by atoms with E-state index in [9.17, 15) is 0 Å². The minimum Gasteiger partial charge on any atom is -0.312 e. The third kappa shape index (κ3) is 5.14. The standard InChI is InChI=1S/C12H17Br2N/c1-12(2,3)8-15-7-9-4-5-10(13)11(14)6-9/h4-6,15H,7-8H2,1-3H3. The van der Waals surface area contributed by atoms with E-state index >= 15 is 0 Å². The SMILES string of the molecule is CC(C)(C)CNCc1ccc(Br)c(Br)c1. The van der Waals surface area contributed by atoms with Crippen LogP contribution in [-0.4, -0.2) is 6.54 Å². The molecule has 1 rings (SSSR count). The summed E-state index contributed by atoms with van der Waals surface area (Å²) in [5, 5.41) is 3.45. The number of hydrogen-bond acceptors (Lipinski definition) is 1. The van der Waals surface area contributed by atoms with Gasteiger partial charge in [-0.3, -0.25) is 0 Å². The second-order valence-electron chi connectivity index (χ2n) is 4.91. The number of nitrogens with one attached hydrogen (secondary N) is 1. The maximum Gasteiger partial charge on any atom is 0.0320 e. The summed E-state index contributed by atoms with van der Waals surface area (Å²) in [5.74, 6) is 0. The zero-order valence-electron chi connectivity index (χ0n) is 9.40. The summed E-state index contributed by atoms with van der Waals surface area (Å²) in [5.41, 5.74) is 1.64. The highest BCUT2D eigenvalue weighted by molar-refractivity contribution is 9.13. The summed E-state index contributed by atoms with van der Waals surface area (Å²) in [6.45, 7) is 8.65. The molecular formula is C12H17Br2N. The first-order valence-corrected chi connectivity index (χ1v) is 6.62. The Labute approximate surface area is 109 Å². The second-order valence-corrected chi connectivity index (χ2v) is 6.62. The Bertz CT molecular complexity index is 329. The quantitative estimate of drug-likeness (QED) is 0.866. The van der Waals surface area contributed by atoms with Crippen LogP contribution in [0.2, 0.25) is 0 Å². The average Bonchev–Trinajstić information content (AvgIpc) is 2.09. The van der Waals surface area contributed by atoms with Crippen molar-refractivity contribution in [2.75, 3.05) is 6.54 Å². The fourth-order valence-electron chi connectivity index (χ4n) is 1.23. The van der Waals surface area contributed by atoms with Gasteiger partial charge in [0.1, 0.15) is 0 Å². The van der Waals surface area contributed by atoms with Crippen LogP contribution in [0, 0.1) is 5.41 Å². The highest BCUT2D eigenvalue weighted by Crippen LogP contribution is 2.23. The fraction of sp³-hybridized carbons (Fsp3) is 0.500. The molecule has 3 heteroatoms. The van der Waals surface area contributed by atoms with Gasteiger partial charge in [-0.1, -0.05) is 26.8 Å². The lowest BCUT2D eigenvalue weighted by Gasteiger charge is -2.18. The van der Waals surface area contributed by atoms with Gasteiger partial charge in [0.2, 0.25) is 0 Å². The van der Waals surface area contributed by atoms with Crippen molar-refractivity contribution in [2.45, 2.75) is 27.3 Å². The summed E-state index contributed by atoms with van der Waals surface area (Å²) < 4.78 is 2.21. The molecule has 0 atom stereocenters. The topological polar surface area (TPSA) is 12.0 Å². The van der Waals surface area contributed by atoms with E-state index in [2.05, 4.69) is 76.1 Å². The van der Waals surface area contributed by atoms with Crippen molar-refractivity contribution in [1.82, 2.24) is 5.32 Å².